The molecule has 252 valence electrons. The first-order valence-electron chi connectivity index (χ1n) is 16.8. The van der Waals surface area contributed by atoms with Crippen molar-refractivity contribution in [3.05, 3.63) is 106 Å². The van der Waals surface area contributed by atoms with Gasteiger partial charge in [0.25, 0.3) is 5.91 Å². The third kappa shape index (κ3) is 4.95. The van der Waals surface area contributed by atoms with Crippen LogP contribution >= 0.6 is 11.3 Å². The highest BCUT2D eigenvalue weighted by molar-refractivity contribution is 7.22. The molecule has 0 radical (unpaired) electrons. The summed E-state index contributed by atoms with van der Waals surface area (Å²) in [6, 6.07) is 13.6. The third-order valence-electron chi connectivity index (χ3n) is 10.1. The molecule has 0 unspecified atom stereocenters. The summed E-state index contributed by atoms with van der Waals surface area (Å²) in [6.07, 6.45) is 6.16. The van der Waals surface area contributed by atoms with E-state index in [2.05, 4.69) is 15.5 Å². The van der Waals surface area contributed by atoms with E-state index >= 15 is 0 Å². The van der Waals surface area contributed by atoms with Crippen molar-refractivity contribution in [2.75, 3.05) is 19.0 Å². The number of rotatable bonds is 8. The van der Waals surface area contributed by atoms with Crippen LogP contribution in [0.3, 0.4) is 0 Å². The number of carbonyl (C=O) groups excluding carboxylic acids is 1. The molecule has 9 rings (SSSR count). The summed E-state index contributed by atoms with van der Waals surface area (Å²) in [5.74, 6) is 0.327. The van der Waals surface area contributed by atoms with Crippen LogP contribution < -0.4 is 10.1 Å². The van der Waals surface area contributed by atoms with E-state index in [-0.39, 0.29) is 29.6 Å². The molecule has 12 heteroatoms. The molecule has 1 aliphatic carbocycles. The van der Waals surface area contributed by atoms with Gasteiger partial charge in [-0.3, -0.25) is 14.8 Å². The van der Waals surface area contributed by atoms with Crippen molar-refractivity contribution in [2.45, 2.75) is 57.5 Å². The van der Waals surface area contributed by atoms with Gasteiger partial charge < -0.3 is 19.4 Å². The normalized spacial score (nSPS) is 17.8. The zero-order valence-electron chi connectivity index (χ0n) is 27.4. The van der Waals surface area contributed by atoms with Gasteiger partial charge in [0, 0.05) is 35.7 Å². The molecule has 0 spiro atoms. The molecule has 1 fully saturated rings. The summed E-state index contributed by atoms with van der Waals surface area (Å²) >= 11 is 1.55. The molecular weight excluding hydrogens is 659 g/mol. The number of aromatic nitrogens is 4. The van der Waals surface area contributed by atoms with E-state index in [1.807, 2.05) is 23.1 Å². The Morgan fingerprint density at radius 1 is 1.04 bits per heavy atom. The number of fused-ring (bicyclic) bond motifs is 5. The van der Waals surface area contributed by atoms with Crippen LogP contribution in [0.4, 0.5) is 14.5 Å². The molecule has 3 aliphatic rings. The van der Waals surface area contributed by atoms with E-state index in [0.29, 0.717) is 54.5 Å². The molecule has 2 atom stereocenters. The lowest BCUT2D eigenvalue weighted by Gasteiger charge is -2.17. The predicted molar refractivity (Wildman–Crippen MR) is 185 cm³/mol. The van der Waals surface area contributed by atoms with E-state index in [1.54, 1.807) is 36.6 Å². The fourth-order valence-electron chi connectivity index (χ4n) is 7.90. The van der Waals surface area contributed by atoms with Gasteiger partial charge in [0.2, 0.25) is 11.8 Å². The Bertz CT molecular complexity index is 2320. The molecular formula is C38H32F2N6O3S. The summed E-state index contributed by atoms with van der Waals surface area (Å²) < 4.78 is 40.6. The van der Waals surface area contributed by atoms with E-state index in [9.17, 15) is 13.6 Å². The van der Waals surface area contributed by atoms with Gasteiger partial charge in [-0.2, -0.15) is 0 Å². The molecule has 50 heavy (non-hydrogen) atoms. The quantitative estimate of drug-likeness (QED) is 0.171. The monoisotopic (exact) mass is 690 g/mol. The molecule has 4 aromatic heterocycles. The summed E-state index contributed by atoms with van der Waals surface area (Å²) in [6.45, 7) is 2.42. The van der Waals surface area contributed by atoms with E-state index in [0.717, 1.165) is 73.7 Å². The number of nitrogens with zero attached hydrogens (tertiary/aromatic N) is 5. The summed E-state index contributed by atoms with van der Waals surface area (Å²) in [4.78, 5) is 26.9. The number of nitrogens with one attached hydrogen (secondary N) is 1. The number of halogens is 2. The number of pyridine rings is 2. The molecule has 6 aromatic rings. The summed E-state index contributed by atoms with van der Waals surface area (Å²) in [7, 11) is 1.50. The molecule has 9 nitrogen and oxygen atoms in total. The second-order valence-electron chi connectivity index (χ2n) is 13.0. The molecule has 6 heterocycles. The fraction of sp³-hybridized carbons (Fsp3) is 0.289. The number of hydrogen-bond donors (Lipinski definition) is 1. The Hall–Kier alpha value is -5.23. The van der Waals surface area contributed by atoms with Crippen molar-refractivity contribution in [1.29, 1.82) is 0 Å². The van der Waals surface area contributed by atoms with Crippen molar-refractivity contribution in [2.24, 2.45) is 0 Å². The van der Waals surface area contributed by atoms with Gasteiger partial charge in [0.1, 0.15) is 5.82 Å². The number of methoxy groups -OCH3 is 1. The van der Waals surface area contributed by atoms with Gasteiger partial charge in [0.15, 0.2) is 11.6 Å². The van der Waals surface area contributed by atoms with Crippen molar-refractivity contribution in [3.63, 3.8) is 0 Å². The smallest absolute Gasteiger partial charge is 0.257 e. The van der Waals surface area contributed by atoms with Crippen molar-refractivity contribution in [1.82, 2.24) is 25.1 Å². The third-order valence-corrected chi connectivity index (χ3v) is 11.3. The van der Waals surface area contributed by atoms with Crippen molar-refractivity contribution < 1.29 is 22.7 Å². The maximum Gasteiger partial charge on any atom is 0.257 e. The second-order valence-corrected chi connectivity index (χ2v) is 14.1. The van der Waals surface area contributed by atoms with Gasteiger partial charge in [-0.15, -0.1) is 21.5 Å². The topological polar surface area (TPSA) is 106 Å². The zero-order valence-corrected chi connectivity index (χ0v) is 28.2. The van der Waals surface area contributed by atoms with Gasteiger partial charge >= 0.3 is 0 Å². The highest BCUT2D eigenvalue weighted by atomic mass is 32.1. The number of thiophene rings is 1. The van der Waals surface area contributed by atoms with Crippen LogP contribution in [-0.4, -0.2) is 44.6 Å². The summed E-state index contributed by atoms with van der Waals surface area (Å²) in [5.41, 5.74) is 8.03. The molecule has 1 saturated heterocycles. The Morgan fingerprint density at radius 2 is 1.90 bits per heavy atom. The Kier molecular flexibility index (Phi) is 7.38. The standard InChI is InChI=1S/C38H32F2N6O3S/c1-19-44-45-37(49-19)31-26(13-7-20-5-8-21(39)9-6-20)43-34-29-4-3-17-46(29)38(47)33(34)32(31)30-18-28-36(50-30)27(15-16-41-28)42-25-14-11-23-22(25)10-12-24(40)35(23)48-2/h5-6,8-10,12,15-16,18,25,29H,3-4,7,11,13-14,17H2,1-2H3,(H,41,42)/t25-,29+/m0/s1. The average molecular weight is 691 g/mol. The molecule has 0 bridgehead atoms. The lowest BCUT2D eigenvalue weighted by atomic mass is 9.93. The molecule has 1 N–H and O–H groups in total. The lowest BCUT2D eigenvalue weighted by molar-refractivity contribution is 0.0776. The first-order chi connectivity index (χ1) is 24.4. The first kappa shape index (κ1) is 30.8. The largest absolute Gasteiger partial charge is 0.493 e. The molecule has 2 aromatic carbocycles. The lowest BCUT2D eigenvalue weighted by Crippen LogP contribution is -2.22. The number of anilines is 1. The fourth-order valence-corrected chi connectivity index (χ4v) is 9.04. The Balaban J connectivity index is 1.20. The maximum atomic E-state index is 14.5. The van der Waals surface area contributed by atoms with Gasteiger partial charge in [-0.05, 0) is 80.0 Å². The minimum absolute atomic E-state index is 0.0374. The van der Waals surface area contributed by atoms with Crippen LogP contribution in [0, 0.1) is 18.6 Å². The van der Waals surface area contributed by atoms with E-state index in [4.69, 9.17) is 19.1 Å². The predicted octanol–water partition coefficient (Wildman–Crippen LogP) is 8.18. The zero-order chi connectivity index (χ0) is 34.1. The van der Waals surface area contributed by atoms with Crippen molar-refractivity contribution >= 4 is 33.1 Å². The molecule has 1 amide bonds. The number of benzene rings is 2. The Morgan fingerprint density at radius 3 is 2.70 bits per heavy atom. The summed E-state index contributed by atoms with van der Waals surface area (Å²) in [5, 5.41) is 12.3. The minimum Gasteiger partial charge on any atom is -0.493 e. The average Bonchev–Trinajstić information content (AvgIpc) is 3.96. The van der Waals surface area contributed by atoms with Crippen LogP contribution in [-0.2, 0) is 19.3 Å². The second kappa shape index (κ2) is 12.0. The molecule has 2 aliphatic heterocycles. The number of carbonyl (C=O) groups is 1. The van der Waals surface area contributed by atoms with Crippen LogP contribution in [0.5, 0.6) is 5.75 Å². The minimum atomic E-state index is -0.356. The number of aryl methyl sites for hydroxylation is 3. The molecule has 0 saturated carbocycles. The Labute approximate surface area is 290 Å². The van der Waals surface area contributed by atoms with Crippen LogP contribution in [0.2, 0.25) is 0 Å². The van der Waals surface area contributed by atoms with Crippen molar-refractivity contribution in [3.8, 4) is 27.6 Å². The van der Waals surface area contributed by atoms with Crippen LogP contribution in [0.25, 0.3) is 32.1 Å². The number of hydrogen-bond acceptors (Lipinski definition) is 9. The SMILES string of the molecule is COc1c(F)ccc2c1CC[C@@H]2Nc1ccnc2cc(-c3c4c(nc(CCc5ccc(F)cc5)c3-c3nnc(C)o3)[C@H]3CCCN3C4=O)sc12. The van der Waals surface area contributed by atoms with E-state index < -0.39 is 0 Å². The highest BCUT2D eigenvalue weighted by Crippen LogP contribution is 2.51. The van der Waals surface area contributed by atoms with E-state index in [1.165, 1.54) is 25.3 Å². The number of amides is 1. The highest BCUT2D eigenvalue weighted by Gasteiger charge is 2.45. The van der Waals surface area contributed by atoms with Gasteiger partial charge in [0.05, 0.1) is 57.6 Å². The van der Waals surface area contributed by atoms with Gasteiger partial charge in [-0.25, -0.2) is 8.78 Å². The number of ether oxygens (including phenoxy) is 1. The first-order valence-corrected chi connectivity index (χ1v) is 17.6. The van der Waals surface area contributed by atoms with Gasteiger partial charge in [-0.1, -0.05) is 18.2 Å². The maximum absolute atomic E-state index is 14.5. The van der Waals surface area contributed by atoms with Crippen LogP contribution in [0.15, 0.2) is 59.1 Å². The van der Waals surface area contributed by atoms with Crippen LogP contribution in [0.1, 0.15) is 75.7 Å².